The molecular weight excluding hydrogens is 355 g/mol. The molecule has 0 bridgehead atoms. The smallest absolute Gasteiger partial charge is 0.297 e. The van der Waals surface area contributed by atoms with Gasteiger partial charge in [-0.05, 0) is 51.1 Å². The van der Waals surface area contributed by atoms with Crippen LogP contribution in [0.1, 0.15) is 41.5 Å². The van der Waals surface area contributed by atoms with Crippen molar-refractivity contribution in [2.45, 2.75) is 38.4 Å². The van der Waals surface area contributed by atoms with Crippen molar-refractivity contribution in [1.82, 2.24) is 24.5 Å². The third-order valence-electron chi connectivity index (χ3n) is 4.98. The van der Waals surface area contributed by atoms with Crippen molar-refractivity contribution in [3.05, 3.63) is 59.3 Å². The van der Waals surface area contributed by atoms with Crippen LogP contribution in [-0.4, -0.2) is 37.6 Å². The summed E-state index contributed by atoms with van der Waals surface area (Å²) in [5.74, 6) is 0.0197. The Kier molecular flexibility index (Phi) is 4.59. The monoisotopic (exact) mass is 375 g/mol. The lowest BCUT2D eigenvalue weighted by molar-refractivity contribution is -0.142. The second-order valence-corrected chi connectivity index (χ2v) is 6.99. The van der Waals surface area contributed by atoms with Gasteiger partial charge in [0.2, 0.25) is 0 Å². The van der Waals surface area contributed by atoms with Crippen LogP contribution in [0.5, 0.6) is 0 Å². The number of rotatable bonds is 3. The zero-order valence-corrected chi connectivity index (χ0v) is 14.9. The van der Waals surface area contributed by atoms with Gasteiger partial charge < -0.3 is 0 Å². The first-order chi connectivity index (χ1) is 12.9. The molecule has 3 aromatic rings. The minimum atomic E-state index is -4.46. The van der Waals surface area contributed by atoms with Crippen LogP contribution in [0.25, 0.3) is 5.65 Å². The number of likely N-dealkylation sites (tertiary alicyclic amines) is 1. The van der Waals surface area contributed by atoms with Crippen LogP contribution in [-0.2, 0) is 12.7 Å². The molecule has 0 aromatic carbocycles. The zero-order valence-electron chi connectivity index (χ0n) is 14.9. The number of halogens is 3. The van der Waals surface area contributed by atoms with E-state index >= 15 is 0 Å². The topological polar surface area (TPSA) is 46.3 Å². The molecule has 4 heterocycles. The zero-order chi connectivity index (χ0) is 19.0. The maximum atomic E-state index is 13.5. The molecule has 8 heteroatoms. The van der Waals surface area contributed by atoms with Gasteiger partial charge in [-0.25, -0.2) is 9.50 Å². The molecule has 27 heavy (non-hydrogen) atoms. The normalized spacial score (nSPS) is 16.9. The third kappa shape index (κ3) is 3.80. The van der Waals surface area contributed by atoms with Gasteiger partial charge in [-0.2, -0.15) is 18.3 Å². The van der Waals surface area contributed by atoms with Crippen molar-refractivity contribution in [3.63, 3.8) is 0 Å². The van der Waals surface area contributed by atoms with E-state index in [0.717, 1.165) is 42.7 Å². The lowest BCUT2D eigenvalue weighted by Crippen LogP contribution is -2.33. The van der Waals surface area contributed by atoms with E-state index in [2.05, 4.69) is 20.0 Å². The maximum Gasteiger partial charge on any atom is 0.433 e. The van der Waals surface area contributed by atoms with Crippen LogP contribution in [0.3, 0.4) is 0 Å². The van der Waals surface area contributed by atoms with Crippen molar-refractivity contribution in [1.29, 1.82) is 0 Å². The Bertz CT molecular complexity index is 928. The van der Waals surface area contributed by atoms with Crippen LogP contribution in [0.15, 0.2) is 36.5 Å². The molecule has 1 fully saturated rings. The Hall–Kier alpha value is -2.48. The number of alkyl halides is 3. The van der Waals surface area contributed by atoms with Crippen LogP contribution < -0.4 is 0 Å². The number of pyridine rings is 1. The summed E-state index contributed by atoms with van der Waals surface area (Å²) in [5.41, 5.74) is 1.53. The Morgan fingerprint density at radius 1 is 1.15 bits per heavy atom. The molecule has 0 saturated carbocycles. The number of hydrogen-bond acceptors (Lipinski definition) is 4. The largest absolute Gasteiger partial charge is 0.433 e. The van der Waals surface area contributed by atoms with Crippen LogP contribution in [0.4, 0.5) is 13.2 Å². The van der Waals surface area contributed by atoms with Gasteiger partial charge in [-0.15, -0.1) is 0 Å². The molecule has 1 aliphatic heterocycles. The average Bonchev–Trinajstić information content (AvgIpc) is 3.01. The van der Waals surface area contributed by atoms with Crippen molar-refractivity contribution >= 4 is 5.65 Å². The predicted molar refractivity (Wildman–Crippen MR) is 94.2 cm³/mol. The van der Waals surface area contributed by atoms with Gasteiger partial charge in [0.05, 0.1) is 11.4 Å². The quantitative estimate of drug-likeness (QED) is 0.698. The van der Waals surface area contributed by atoms with Crippen molar-refractivity contribution in [2.24, 2.45) is 0 Å². The molecule has 0 N–H and O–H groups in total. The highest BCUT2D eigenvalue weighted by molar-refractivity contribution is 5.42. The minimum absolute atomic E-state index is 0.0197. The average molecular weight is 375 g/mol. The predicted octanol–water partition coefficient (Wildman–Crippen LogP) is 3.83. The van der Waals surface area contributed by atoms with Crippen molar-refractivity contribution < 1.29 is 13.2 Å². The first kappa shape index (κ1) is 17.9. The molecule has 4 rings (SSSR count). The molecule has 0 spiro atoms. The summed E-state index contributed by atoms with van der Waals surface area (Å²) in [5, 5.41) is 3.94. The standard InChI is InChI=1S/C19H20F3N5/c1-13-10-18-24-16(11-17(19(20,21)22)27(18)25-13)14-5-8-26(9-6-14)12-15-4-2-3-7-23-15/h2-4,7,10-11,14H,5-6,8-9,12H2,1H3. The van der Waals surface area contributed by atoms with Gasteiger partial charge in [0.25, 0.3) is 0 Å². The fourth-order valence-corrected chi connectivity index (χ4v) is 3.63. The van der Waals surface area contributed by atoms with E-state index in [0.29, 0.717) is 11.4 Å². The second kappa shape index (κ2) is 6.92. The highest BCUT2D eigenvalue weighted by atomic mass is 19.4. The van der Waals surface area contributed by atoms with E-state index in [1.54, 1.807) is 19.2 Å². The molecule has 0 aliphatic carbocycles. The number of piperidine rings is 1. The first-order valence-corrected chi connectivity index (χ1v) is 8.97. The summed E-state index contributed by atoms with van der Waals surface area (Å²) in [7, 11) is 0. The summed E-state index contributed by atoms with van der Waals surface area (Å²) in [4.78, 5) is 11.1. The van der Waals surface area contributed by atoms with Gasteiger partial charge in [0.15, 0.2) is 5.65 Å². The van der Waals surface area contributed by atoms with Crippen molar-refractivity contribution in [2.75, 3.05) is 13.1 Å². The third-order valence-corrected chi connectivity index (χ3v) is 4.98. The van der Waals surface area contributed by atoms with E-state index in [9.17, 15) is 13.2 Å². The number of hydrogen-bond donors (Lipinski definition) is 0. The fraction of sp³-hybridized carbons (Fsp3) is 0.421. The molecule has 5 nitrogen and oxygen atoms in total. The Labute approximate surface area is 154 Å². The van der Waals surface area contributed by atoms with Gasteiger partial charge in [-0.3, -0.25) is 9.88 Å². The fourth-order valence-electron chi connectivity index (χ4n) is 3.63. The minimum Gasteiger partial charge on any atom is -0.297 e. The van der Waals surface area contributed by atoms with Crippen LogP contribution in [0.2, 0.25) is 0 Å². The molecule has 0 radical (unpaired) electrons. The Morgan fingerprint density at radius 3 is 2.59 bits per heavy atom. The summed E-state index contributed by atoms with van der Waals surface area (Å²) in [6.07, 6.45) is -1.14. The van der Waals surface area contributed by atoms with E-state index in [-0.39, 0.29) is 11.6 Å². The number of fused-ring (bicyclic) bond motifs is 1. The van der Waals surface area contributed by atoms with E-state index in [4.69, 9.17) is 0 Å². The summed E-state index contributed by atoms with van der Waals surface area (Å²) in [6, 6.07) is 8.58. The molecule has 0 amide bonds. The summed E-state index contributed by atoms with van der Waals surface area (Å²) >= 11 is 0. The van der Waals surface area contributed by atoms with Gasteiger partial charge in [0.1, 0.15) is 5.69 Å². The van der Waals surface area contributed by atoms with E-state index in [1.807, 2.05) is 18.2 Å². The number of nitrogens with zero attached hydrogens (tertiary/aromatic N) is 5. The highest BCUT2D eigenvalue weighted by Crippen LogP contribution is 2.34. The second-order valence-electron chi connectivity index (χ2n) is 6.99. The van der Waals surface area contributed by atoms with Crippen LogP contribution >= 0.6 is 0 Å². The first-order valence-electron chi connectivity index (χ1n) is 8.97. The maximum absolute atomic E-state index is 13.5. The molecule has 0 atom stereocenters. The van der Waals surface area contributed by atoms with Gasteiger partial charge in [0, 0.05) is 30.4 Å². The SMILES string of the molecule is Cc1cc2nc(C3CCN(Cc4ccccn4)CC3)cc(C(F)(F)F)n2n1. The molecule has 3 aromatic heterocycles. The van der Waals surface area contributed by atoms with E-state index < -0.39 is 11.9 Å². The molecular formula is C19H20F3N5. The Morgan fingerprint density at radius 2 is 1.93 bits per heavy atom. The molecule has 142 valence electrons. The van der Waals surface area contributed by atoms with E-state index in [1.165, 1.54) is 6.07 Å². The van der Waals surface area contributed by atoms with Crippen LogP contribution in [0, 0.1) is 6.92 Å². The van der Waals surface area contributed by atoms with Crippen molar-refractivity contribution in [3.8, 4) is 0 Å². The molecule has 1 saturated heterocycles. The van der Waals surface area contributed by atoms with Gasteiger partial charge >= 0.3 is 6.18 Å². The summed E-state index contributed by atoms with van der Waals surface area (Å²) in [6.45, 7) is 4.06. The Balaban J connectivity index is 1.53. The van der Waals surface area contributed by atoms with Gasteiger partial charge in [-0.1, -0.05) is 6.07 Å². The number of aromatic nitrogens is 4. The lowest BCUT2D eigenvalue weighted by atomic mass is 9.92. The summed E-state index contributed by atoms with van der Waals surface area (Å²) < 4.78 is 41.3. The lowest BCUT2D eigenvalue weighted by Gasteiger charge is -2.31. The molecule has 0 unspecified atom stereocenters. The number of aryl methyl sites for hydroxylation is 1. The highest BCUT2D eigenvalue weighted by Gasteiger charge is 2.36. The molecule has 1 aliphatic rings.